The number of hydrogen-bond donors (Lipinski definition) is 2. The molecule has 0 spiro atoms. The number of para-hydroxylation sites is 1. The molecule has 0 fully saturated rings. The van der Waals surface area contributed by atoms with E-state index in [0.29, 0.717) is 11.4 Å². The lowest BCUT2D eigenvalue weighted by Crippen LogP contribution is -2.48. The summed E-state index contributed by atoms with van der Waals surface area (Å²) in [7, 11) is 0. The third-order valence-electron chi connectivity index (χ3n) is 3.86. The Bertz CT molecular complexity index is 769. The lowest BCUT2D eigenvalue weighted by molar-refractivity contribution is -0.133. The van der Waals surface area contributed by atoms with Gasteiger partial charge in [-0.1, -0.05) is 48.5 Å². The Morgan fingerprint density at radius 2 is 1.61 bits per heavy atom. The monoisotopic (exact) mass is 308 g/mol. The molecule has 2 aromatic carbocycles. The van der Waals surface area contributed by atoms with Crippen molar-refractivity contribution >= 4 is 17.7 Å². The van der Waals surface area contributed by atoms with E-state index >= 15 is 0 Å². The van der Waals surface area contributed by atoms with Gasteiger partial charge in [-0.15, -0.1) is 0 Å². The van der Waals surface area contributed by atoms with Gasteiger partial charge in [-0.05, 0) is 24.6 Å². The first-order valence-corrected chi connectivity index (χ1v) is 7.24. The van der Waals surface area contributed by atoms with Crippen molar-refractivity contribution in [2.45, 2.75) is 13.0 Å². The standard InChI is InChI=1S/C18H16N2O3/c1-12-15(17(21)22)16(13-8-4-2-5-9-13)19-18(23)20(12)14-10-6-3-7-11-14/h2-11,16H,1H3,(H,19,23)(H,21,22). The van der Waals surface area contributed by atoms with Gasteiger partial charge in [0.25, 0.3) is 0 Å². The Balaban J connectivity index is 2.12. The summed E-state index contributed by atoms with van der Waals surface area (Å²) in [5, 5.41) is 12.4. The van der Waals surface area contributed by atoms with E-state index < -0.39 is 12.0 Å². The smallest absolute Gasteiger partial charge is 0.335 e. The fourth-order valence-corrected chi connectivity index (χ4v) is 2.80. The quantitative estimate of drug-likeness (QED) is 0.914. The number of carboxylic acids is 1. The van der Waals surface area contributed by atoms with Gasteiger partial charge in [-0.3, -0.25) is 4.90 Å². The highest BCUT2D eigenvalue weighted by Crippen LogP contribution is 2.33. The van der Waals surface area contributed by atoms with Gasteiger partial charge in [0.2, 0.25) is 0 Å². The van der Waals surface area contributed by atoms with Crippen molar-refractivity contribution in [3.05, 3.63) is 77.5 Å². The van der Waals surface area contributed by atoms with Gasteiger partial charge in [-0.2, -0.15) is 0 Å². The third-order valence-corrected chi connectivity index (χ3v) is 3.86. The van der Waals surface area contributed by atoms with Crippen LogP contribution in [0.5, 0.6) is 0 Å². The van der Waals surface area contributed by atoms with E-state index in [9.17, 15) is 14.7 Å². The highest BCUT2D eigenvalue weighted by atomic mass is 16.4. The van der Waals surface area contributed by atoms with Crippen LogP contribution in [0.2, 0.25) is 0 Å². The van der Waals surface area contributed by atoms with E-state index in [2.05, 4.69) is 5.32 Å². The molecule has 5 nitrogen and oxygen atoms in total. The Kier molecular flexibility index (Phi) is 3.85. The van der Waals surface area contributed by atoms with Crippen LogP contribution in [-0.2, 0) is 4.79 Å². The Labute approximate surface area is 133 Å². The van der Waals surface area contributed by atoms with Gasteiger partial charge in [0.1, 0.15) is 0 Å². The number of benzene rings is 2. The van der Waals surface area contributed by atoms with Gasteiger partial charge >= 0.3 is 12.0 Å². The molecule has 1 heterocycles. The molecule has 0 saturated heterocycles. The molecule has 2 N–H and O–H groups in total. The number of nitrogens with one attached hydrogen (secondary N) is 1. The van der Waals surface area contributed by atoms with E-state index in [1.165, 1.54) is 4.90 Å². The van der Waals surface area contributed by atoms with Crippen molar-refractivity contribution < 1.29 is 14.7 Å². The first kappa shape index (κ1) is 14.8. The maximum atomic E-state index is 12.5. The second-order valence-electron chi connectivity index (χ2n) is 5.27. The summed E-state index contributed by atoms with van der Waals surface area (Å²) in [6.45, 7) is 1.66. The second kappa shape index (κ2) is 5.96. The van der Waals surface area contributed by atoms with Crippen LogP contribution in [0.4, 0.5) is 10.5 Å². The number of carboxylic acid groups (broad SMARTS) is 1. The fraction of sp³-hybridized carbons (Fsp3) is 0.111. The molecule has 1 unspecified atom stereocenters. The molecular formula is C18H16N2O3. The summed E-state index contributed by atoms with van der Waals surface area (Å²) < 4.78 is 0. The minimum atomic E-state index is -1.04. The molecule has 2 aromatic rings. The van der Waals surface area contributed by atoms with Gasteiger partial charge < -0.3 is 10.4 Å². The lowest BCUT2D eigenvalue weighted by atomic mass is 9.95. The van der Waals surface area contributed by atoms with Crippen LogP contribution in [0.15, 0.2) is 71.9 Å². The normalized spacial score (nSPS) is 17.9. The van der Waals surface area contributed by atoms with Crippen molar-refractivity contribution in [3.63, 3.8) is 0 Å². The molecule has 5 heteroatoms. The highest BCUT2D eigenvalue weighted by Gasteiger charge is 2.36. The third kappa shape index (κ3) is 2.68. The van der Waals surface area contributed by atoms with Gasteiger partial charge in [0.05, 0.1) is 17.3 Å². The van der Waals surface area contributed by atoms with E-state index in [0.717, 1.165) is 5.56 Å². The topological polar surface area (TPSA) is 69.6 Å². The van der Waals surface area contributed by atoms with Crippen molar-refractivity contribution in [2.24, 2.45) is 0 Å². The zero-order chi connectivity index (χ0) is 16.4. The van der Waals surface area contributed by atoms with E-state index in [-0.39, 0.29) is 11.6 Å². The van der Waals surface area contributed by atoms with Crippen LogP contribution in [-0.4, -0.2) is 17.1 Å². The molecule has 1 atom stereocenters. The number of rotatable bonds is 3. The predicted octanol–water partition coefficient (Wildman–Crippen LogP) is 3.32. The number of carbonyl (C=O) groups is 2. The van der Waals surface area contributed by atoms with Crippen LogP contribution < -0.4 is 10.2 Å². The molecule has 1 aliphatic rings. The fourth-order valence-electron chi connectivity index (χ4n) is 2.80. The molecule has 23 heavy (non-hydrogen) atoms. The van der Waals surface area contributed by atoms with Crippen molar-refractivity contribution in [3.8, 4) is 0 Å². The average Bonchev–Trinajstić information content (AvgIpc) is 2.55. The summed E-state index contributed by atoms with van der Waals surface area (Å²) >= 11 is 0. The van der Waals surface area contributed by atoms with Crippen molar-refractivity contribution in [1.82, 2.24) is 5.32 Å². The van der Waals surface area contributed by atoms with E-state index in [1.807, 2.05) is 24.3 Å². The number of anilines is 1. The Morgan fingerprint density at radius 3 is 2.17 bits per heavy atom. The minimum absolute atomic E-state index is 0.166. The van der Waals surface area contributed by atoms with Gasteiger partial charge in [0.15, 0.2) is 0 Å². The molecule has 116 valence electrons. The SMILES string of the molecule is CC1=C(C(=O)O)C(c2ccccc2)NC(=O)N1c1ccccc1. The maximum absolute atomic E-state index is 12.5. The van der Waals surface area contributed by atoms with Gasteiger partial charge in [-0.25, -0.2) is 9.59 Å². The summed E-state index contributed by atoms with van der Waals surface area (Å²) in [6.07, 6.45) is 0. The lowest BCUT2D eigenvalue weighted by Gasteiger charge is -2.34. The van der Waals surface area contributed by atoms with Gasteiger partial charge in [0, 0.05) is 5.70 Å². The maximum Gasteiger partial charge on any atom is 0.335 e. The molecular weight excluding hydrogens is 292 g/mol. The first-order valence-electron chi connectivity index (χ1n) is 7.24. The number of amides is 2. The van der Waals surface area contributed by atoms with Crippen LogP contribution >= 0.6 is 0 Å². The first-order chi connectivity index (χ1) is 11.1. The molecule has 0 aromatic heterocycles. The molecule has 0 saturated carbocycles. The largest absolute Gasteiger partial charge is 0.478 e. The summed E-state index contributed by atoms with van der Waals surface area (Å²) in [5.41, 5.74) is 1.96. The Hall–Kier alpha value is -3.08. The highest BCUT2D eigenvalue weighted by molar-refractivity contribution is 6.02. The van der Waals surface area contributed by atoms with Crippen molar-refractivity contribution in [1.29, 1.82) is 0 Å². The van der Waals surface area contributed by atoms with E-state index in [4.69, 9.17) is 0 Å². The zero-order valence-electron chi connectivity index (χ0n) is 12.6. The Morgan fingerprint density at radius 1 is 1.04 bits per heavy atom. The molecule has 3 rings (SSSR count). The molecule has 1 aliphatic heterocycles. The average molecular weight is 308 g/mol. The predicted molar refractivity (Wildman–Crippen MR) is 87.0 cm³/mol. The number of aliphatic carboxylic acids is 1. The number of allylic oxidation sites excluding steroid dienone is 1. The summed E-state index contributed by atoms with van der Waals surface area (Å²) in [5.74, 6) is -1.04. The number of nitrogens with zero attached hydrogens (tertiary/aromatic N) is 1. The molecule has 0 radical (unpaired) electrons. The van der Waals surface area contributed by atoms with Crippen molar-refractivity contribution in [2.75, 3.05) is 4.90 Å². The van der Waals surface area contributed by atoms with Crippen LogP contribution in [0.25, 0.3) is 0 Å². The molecule has 0 aliphatic carbocycles. The zero-order valence-corrected chi connectivity index (χ0v) is 12.6. The number of carbonyl (C=O) groups excluding carboxylic acids is 1. The number of hydrogen-bond acceptors (Lipinski definition) is 2. The molecule has 2 amide bonds. The summed E-state index contributed by atoms with van der Waals surface area (Å²) in [4.78, 5) is 25.7. The van der Waals surface area contributed by atoms with Crippen LogP contribution in [0.3, 0.4) is 0 Å². The van der Waals surface area contributed by atoms with E-state index in [1.54, 1.807) is 43.3 Å². The second-order valence-corrected chi connectivity index (χ2v) is 5.27. The minimum Gasteiger partial charge on any atom is -0.478 e. The van der Waals surface area contributed by atoms with Crippen LogP contribution in [0, 0.1) is 0 Å². The number of urea groups is 1. The van der Waals surface area contributed by atoms with Crippen LogP contribution in [0.1, 0.15) is 18.5 Å². The molecule has 0 bridgehead atoms. The summed E-state index contributed by atoms with van der Waals surface area (Å²) in [6, 6.07) is 17.1.